The van der Waals surface area contributed by atoms with Gasteiger partial charge in [-0.25, -0.2) is 0 Å². The normalized spacial score (nSPS) is 14.9. The van der Waals surface area contributed by atoms with Gasteiger partial charge in [0.25, 0.3) is 5.91 Å². The highest BCUT2D eigenvalue weighted by molar-refractivity contribution is 7.98. The minimum absolute atomic E-state index is 0.00912. The van der Waals surface area contributed by atoms with Crippen LogP contribution in [0.3, 0.4) is 0 Å². The first-order chi connectivity index (χ1) is 16.3. The summed E-state index contributed by atoms with van der Waals surface area (Å²) in [5.74, 6) is 1.11. The zero-order valence-electron chi connectivity index (χ0n) is 18.5. The molecule has 1 amide bonds. The largest absolute Gasteiger partial charge is 0.573 e. The predicted octanol–water partition coefficient (Wildman–Crippen LogP) is 5.13. The van der Waals surface area contributed by atoms with Crippen molar-refractivity contribution >= 4 is 17.7 Å². The standard InChI is InChI=1S/C24H24F3N3O3S/c1-17-14-20(33-28-17)16-34-22-5-3-2-4-21(22)23(31)30-12-10-29(11-13-30)15-18-6-8-19(9-7-18)32-24(25,26)27/h2-9,14H,10-13,15-16H2,1H3. The van der Waals surface area contributed by atoms with Crippen LogP contribution >= 0.6 is 11.8 Å². The van der Waals surface area contributed by atoms with E-state index in [0.29, 0.717) is 44.0 Å². The van der Waals surface area contributed by atoms with Crippen molar-refractivity contribution in [2.24, 2.45) is 0 Å². The third kappa shape index (κ3) is 6.54. The maximum absolute atomic E-state index is 13.2. The molecule has 1 saturated heterocycles. The molecule has 0 radical (unpaired) electrons. The molecule has 1 aliphatic rings. The number of aromatic nitrogens is 1. The molecule has 0 aliphatic carbocycles. The zero-order chi connectivity index (χ0) is 24.1. The van der Waals surface area contributed by atoms with Crippen LogP contribution in [0.25, 0.3) is 0 Å². The molecule has 3 aromatic rings. The van der Waals surface area contributed by atoms with Crippen LogP contribution in [0, 0.1) is 6.92 Å². The number of amides is 1. The molecule has 0 spiro atoms. The average molecular weight is 492 g/mol. The Hall–Kier alpha value is -2.98. The van der Waals surface area contributed by atoms with Gasteiger partial charge in [-0.2, -0.15) is 0 Å². The number of piperazine rings is 1. The van der Waals surface area contributed by atoms with Crippen molar-refractivity contribution in [2.75, 3.05) is 26.2 Å². The summed E-state index contributed by atoms with van der Waals surface area (Å²) in [4.78, 5) is 18.1. The number of aryl methyl sites for hydroxylation is 1. The van der Waals surface area contributed by atoms with Crippen molar-refractivity contribution in [1.82, 2.24) is 15.0 Å². The molecule has 0 unspecified atom stereocenters. The van der Waals surface area contributed by atoms with E-state index < -0.39 is 6.36 Å². The lowest BCUT2D eigenvalue weighted by Crippen LogP contribution is -2.48. The van der Waals surface area contributed by atoms with Gasteiger partial charge in [-0.3, -0.25) is 9.69 Å². The van der Waals surface area contributed by atoms with Crippen molar-refractivity contribution < 1.29 is 27.2 Å². The van der Waals surface area contributed by atoms with Gasteiger partial charge >= 0.3 is 6.36 Å². The molecule has 0 atom stereocenters. The molecular formula is C24H24F3N3O3S. The molecule has 1 aliphatic heterocycles. The molecule has 2 aromatic carbocycles. The molecule has 1 aromatic heterocycles. The summed E-state index contributed by atoms with van der Waals surface area (Å²) in [5, 5.41) is 3.90. The SMILES string of the molecule is Cc1cc(CSc2ccccc2C(=O)N2CCN(Cc3ccc(OC(F)(F)F)cc3)CC2)on1. The van der Waals surface area contributed by atoms with E-state index >= 15 is 0 Å². The predicted molar refractivity (Wildman–Crippen MR) is 122 cm³/mol. The second kappa shape index (κ2) is 10.5. The summed E-state index contributed by atoms with van der Waals surface area (Å²) in [6, 6.07) is 15.3. The highest BCUT2D eigenvalue weighted by atomic mass is 32.2. The van der Waals surface area contributed by atoms with E-state index in [4.69, 9.17) is 4.52 Å². The van der Waals surface area contributed by atoms with E-state index in [1.807, 2.05) is 42.2 Å². The number of hydrogen-bond acceptors (Lipinski definition) is 6. The van der Waals surface area contributed by atoms with Crippen LogP contribution in [0.1, 0.15) is 27.4 Å². The molecule has 0 bridgehead atoms. The highest BCUT2D eigenvalue weighted by Gasteiger charge is 2.31. The molecule has 1 fully saturated rings. The number of hydrogen-bond donors (Lipinski definition) is 0. The number of ether oxygens (including phenoxy) is 1. The van der Waals surface area contributed by atoms with Gasteiger partial charge in [-0.05, 0) is 36.8 Å². The summed E-state index contributed by atoms with van der Waals surface area (Å²) < 4.78 is 46.1. The second-order valence-electron chi connectivity index (χ2n) is 7.98. The smallest absolute Gasteiger partial charge is 0.406 e. The van der Waals surface area contributed by atoms with Gasteiger partial charge in [-0.15, -0.1) is 24.9 Å². The van der Waals surface area contributed by atoms with E-state index in [-0.39, 0.29) is 11.7 Å². The molecule has 0 N–H and O–H groups in total. The van der Waals surface area contributed by atoms with Gasteiger partial charge in [0.15, 0.2) is 0 Å². The van der Waals surface area contributed by atoms with Crippen molar-refractivity contribution in [3.63, 3.8) is 0 Å². The third-order valence-electron chi connectivity index (χ3n) is 5.39. The van der Waals surface area contributed by atoms with Crippen LogP contribution in [0.5, 0.6) is 5.75 Å². The van der Waals surface area contributed by atoms with E-state index in [1.54, 1.807) is 23.9 Å². The Bertz CT molecular complexity index is 1110. The van der Waals surface area contributed by atoms with Crippen LogP contribution in [0.15, 0.2) is 64.0 Å². The minimum Gasteiger partial charge on any atom is -0.406 e. The first-order valence-corrected chi connectivity index (χ1v) is 11.8. The maximum atomic E-state index is 13.2. The fourth-order valence-electron chi connectivity index (χ4n) is 3.74. The van der Waals surface area contributed by atoms with Gasteiger partial charge in [0.1, 0.15) is 11.5 Å². The highest BCUT2D eigenvalue weighted by Crippen LogP contribution is 2.28. The number of nitrogens with zero attached hydrogens (tertiary/aromatic N) is 3. The molecule has 6 nitrogen and oxygen atoms in total. The summed E-state index contributed by atoms with van der Waals surface area (Å²) in [7, 11) is 0. The summed E-state index contributed by atoms with van der Waals surface area (Å²) in [6.07, 6.45) is -4.70. The van der Waals surface area contributed by atoms with Gasteiger partial charge in [0.05, 0.1) is 17.0 Å². The van der Waals surface area contributed by atoms with Crippen molar-refractivity contribution in [1.29, 1.82) is 0 Å². The van der Waals surface area contributed by atoms with Crippen molar-refractivity contribution in [3.05, 3.63) is 77.2 Å². The van der Waals surface area contributed by atoms with Crippen molar-refractivity contribution in [3.8, 4) is 5.75 Å². The topological polar surface area (TPSA) is 58.8 Å². The number of halogens is 3. The number of alkyl halides is 3. The van der Waals surface area contributed by atoms with E-state index in [1.165, 1.54) is 12.1 Å². The zero-order valence-corrected chi connectivity index (χ0v) is 19.4. The van der Waals surface area contributed by atoms with Gasteiger partial charge < -0.3 is 14.2 Å². The Morgan fingerprint density at radius 2 is 1.79 bits per heavy atom. The average Bonchev–Trinajstić information content (AvgIpc) is 3.23. The lowest BCUT2D eigenvalue weighted by atomic mass is 10.1. The Labute approximate surface area is 199 Å². The maximum Gasteiger partial charge on any atom is 0.573 e. The van der Waals surface area contributed by atoms with Crippen molar-refractivity contribution in [2.45, 2.75) is 30.5 Å². The Balaban J connectivity index is 1.31. The van der Waals surface area contributed by atoms with E-state index in [2.05, 4.69) is 14.8 Å². The molecule has 2 heterocycles. The number of carbonyl (C=O) groups excluding carboxylic acids is 1. The molecule has 180 valence electrons. The molecule has 10 heteroatoms. The summed E-state index contributed by atoms with van der Waals surface area (Å²) >= 11 is 1.54. The molecule has 4 rings (SSSR count). The van der Waals surface area contributed by atoms with Crippen LogP contribution in [0.4, 0.5) is 13.2 Å². The summed E-state index contributed by atoms with van der Waals surface area (Å²) in [5.41, 5.74) is 2.37. The van der Waals surface area contributed by atoms with Gasteiger partial charge in [0, 0.05) is 43.7 Å². The minimum atomic E-state index is -4.70. The number of rotatable bonds is 7. The second-order valence-corrected chi connectivity index (χ2v) is 9.00. The van der Waals surface area contributed by atoms with Gasteiger partial charge in [-0.1, -0.05) is 29.4 Å². The fourth-order valence-corrected chi connectivity index (χ4v) is 4.66. The first kappa shape index (κ1) is 24.2. The molecule has 34 heavy (non-hydrogen) atoms. The Morgan fingerprint density at radius 1 is 1.09 bits per heavy atom. The van der Waals surface area contributed by atoms with Crippen LogP contribution in [-0.4, -0.2) is 53.4 Å². The first-order valence-electron chi connectivity index (χ1n) is 10.8. The lowest BCUT2D eigenvalue weighted by molar-refractivity contribution is -0.274. The fraction of sp³-hybridized carbons (Fsp3) is 0.333. The Morgan fingerprint density at radius 3 is 2.44 bits per heavy atom. The Kier molecular flexibility index (Phi) is 7.47. The van der Waals surface area contributed by atoms with E-state index in [9.17, 15) is 18.0 Å². The van der Waals surface area contributed by atoms with Crippen LogP contribution in [-0.2, 0) is 12.3 Å². The quantitative estimate of drug-likeness (QED) is 0.427. The molecular weight excluding hydrogens is 467 g/mol. The third-order valence-corrected chi connectivity index (χ3v) is 6.48. The molecule has 0 saturated carbocycles. The lowest BCUT2D eigenvalue weighted by Gasteiger charge is -2.35. The monoisotopic (exact) mass is 491 g/mol. The van der Waals surface area contributed by atoms with Crippen LogP contribution in [0.2, 0.25) is 0 Å². The summed E-state index contributed by atoms with van der Waals surface area (Å²) in [6.45, 7) is 4.98. The van der Waals surface area contributed by atoms with E-state index in [0.717, 1.165) is 21.9 Å². The van der Waals surface area contributed by atoms with Crippen LogP contribution < -0.4 is 4.74 Å². The number of carbonyl (C=O) groups is 1. The van der Waals surface area contributed by atoms with Gasteiger partial charge in [0.2, 0.25) is 0 Å². The number of thioether (sulfide) groups is 1. The number of benzene rings is 2.